The molecule has 1 aliphatic rings. The summed E-state index contributed by atoms with van der Waals surface area (Å²) in [5, 5.41) is 0. The number of morpholine rings is 1. The summed E-state index contributed by atoms with van der Waals surface area (Å²) in [5.41, 5.74) is 0. The van der Waals surface area contributed by atoms with E-state index in [1.165, 1.54) is 15.6 Å². The van der Waals surface area contributed by atoms with Crippen LogP contribution >= 0.6 is 22.9 Å². The molecular weight excluding hydrogens is 306 g/mol. The Morgan fingerprint density at radius 1 is 1.53 bits per heavy atom. The molecule has 2 unspecified atom stereocenters. The molecule has 0 spiro atoms. The molecule has 0 aliphatic carbocycles. The van der Waals surface area contributed by atoms with Crippen molar-refractivity contribution in [3.8, 4) is 0 Å². The molecule has 1 fully saturated rings. The Hall–Kier alpha value is -0.140. The van der Waals surface area contributed by atoms with Gasteiger partial charge in [-0.05, 0) is 25.5 Å². The van der Waals surface area contributed by atoms with Crippen molar-refractivity contribution in [2.75, 3.05) is 19.0 Å². The number of ether oxygens (including phenoxy) is 1. The van der Waals surface area contributed by atoms with E-state index in [4.69, 9.17) is 16.3 Å². The van der Waals surface area contributed by atoms with Crippen LogP contribution in [0.1, 0.15) is 18.7 Å². The van der Waals surface area contributed by atoms with Crippen LogP contribution in [0.3, 0.4) is 0 Å². The summed E-state index contributed by atoms with van der Waals surface area (Å²) in [6, 6.07) is 3.41. The molecule has 1 aromatic heterocycles. The topological polar surface area (TPSA) is 46.6 Å². The molecule has 2 rings (SSSR count). The first kappa shape index (κ1) is 15.3. The lowest BCUT2D eigenvalue weighted by atomic mass is 10.2. The number of hydrogen-bond donors (Lipinski definition) is 0. The number of halogens is 1. The first-order valence-electron chi connectivity index (χ1n) is 6.27. The minimum absolute atomic E-state index is 0.156. The molecule has 0 aromatic carbocycles. The van der Waals surface area contributed by atoms with Crippen LogP contribution in [0.15, 0.2) is 16.3 Å². The average molecular weight is 324 g/mol. The summed E-state index contributed by atoms with van der Waals surface area (Å²) in [6.45, 7) is 4.59. The molecule has 0 saturated carbocycles. The average Bonchev–Trinajstić information content (AvgIpc) is 2.88. The van der Waals surface area contributed by atoms with Crippen molar-refractivity contribution in [3.05, 3.63) is 17.0 Å². The Bertz CT molecular complexity index is 529. The highest BCUT2D eigenvalue weighted by Gasteiger charge is 2.35. The minimum Gasteiger partial charge on any atom is -0.374 e. The van der Waals surface area contributed by atoms with Crippen molar-refractivity contribution in [2.24, 2.45) is 0 Å². The predicted molar refractivity (Wildman–Crippen MR) is 77.5 cm³/mol. The number of rotatable bonds is 4. The molecule has 0 radical (unpaired) electrons. The summed E-state index contributed by atoms with van der Waals surface area (Å²) < 4.78 is 32.7. The smallest absolute Gasteiger partial charge is 0.252 e. The highest BCUT2D eigenvalue weighted by atomic mass is 35.5. The van der Waals surface area contributed by atoms with Crippen molar-refractivity contribution >= 4 is 33.0 Å². The normalized spacial score (nSPS) is 25.6. The second-order valence-corrected chi connectivity index (χ2v) is 8.20. The fraction of sp³-hybridized carbons (Fsp3) is 0.667. The largest absolute Gasteiger partial charge is 0.374 e. The van der Waals surface area contributed by atoms with Crippen LogP contribution in [0.2, 0.25) is 0 Å². The fourth-order valence-corrected chi connectivity index (χ4v) is 5.28. The van der Waals surface area contributed by atoms with E-state index in [0.717, 1.165) is 11.3 Å². The van der Waals surface area contributed by atoms with E-state index in [2.05, 4.69) is 0 Å². The molecule has 0 N–H and O–H groups in total. The summed E-state index contributed by atoms with van der Waals surface area (Å²) in [5.74, 6) is 0.309. The molecule has 108 valence electrons. The van der Waals surface area contributed by atoms with E-state index in [1.807, 2.05) is 19.9 Å². The Labute approximate surface area is 123 Å². The van der Waals surface area contributed by atoms with Crippen LogP contribution in [0, 0.1) is 0 Å². The Balaban J connectivity index is 2.26. The molecule has 2 atom stereocenters. The van der Waals surface area contributed by atoms with Gasteiger partial charge < -0.3 is 4.74 Å². The SMILES string of the molecule is CCc1ccc(S(=O)(=O)N2CC(CCl)OCC2C)s1. The number of nitrogens with zero attached hydrogens (tertiary/aromatic N) is 1. The molecular formula is C12H18ClNO3S2. The monoisotopic (exact) mass is 323 g/mol. The standard InChI is InChI=1S/C12H18ClNO3S2/c1-3-11-4-5-12(18-11)19(15,16)14-7-10(6-13)17-8-9(14)2/h4-5,9-10H,3,6-8H2,1-2H3. The second-order valence-electron chi connectivity index (χ2n) is 4.61. The van der Waals surface area contributed by atoms with Gasteiger partial charge in [-0.15, -0.1) is 22.9 Å². The van der Waals surface area contributed by atoms with Crippen molar-refractivity contribution in [3.63, 3.8) is 0 Å². The maximum Gasteiger partial charge on any atom is 0.252 e. The van der Waals surface area contributed by atoms with E-state index in [9.17, 15) is 8.42 Å². The molecule has 2 heterocycles. The maximum atomic E-state index is 12.6. The Kier molecular flexibility index (Phi) is 4.89. The van der Waals surface area contributed by atoms with Crippen LogP contribution in [0.5, 0.6) is 0 Å². The third-order valence-electron chi connectivity index (χ3n) is 3.17. The van der Waals surface area contributed by atoms with Crippen molar-refractivity contribution < 1.29 is 13.2 Å². The van der Waals surface area contributed by atoms with Gasteiger partial charge in [0.15, 0.2) is 0 Å². The maximum absolute atomic E-state index is 12.6. The number of alkyl halides is 1. The molecule has 7 heteroatoms. The molecule has 0 amide bonds. The van der Waals surface area contributed by atoms with Gasteiger partial charge in [-0.1, -0.05) is 6.92 Å². The third-order valence-corrected chi connectivity index (χ3v) is 7.19. The molecule has 4 nitrogen and oxygen atoms in total. The van der Waals surface area contributed by atoms with Crippen LogP contribution < -0.4 is 0 Å². The van der Waals surface area contributed by atoms with Crippen molar-refractivity contribution in [1.29, 1.82) is 0 Å². The molecule has 19 heavy (non-hydrogen) atoms. The molecule has 1 aliphatic heterocycles. The Morgan fingerprint density at radius 3 is 2.84 bits per heavy atom. The van der Waals surface area contributed by atoms with Gasteiger partial charge in [-0.2, -0.15) is 4.31 Å². The summed E-state index contributed by atoms with van der Waals surface area (Å²) >= 11 is 7.11. The van der Waals surface area contributed by atoms with Crippen molar-refractivity contribution in [1.82, 2.24) is 4.31 Å². The third kappa shape index (κ3) is 3.13. The van der Waals surface area contributed by atoms with Gasteiger partial charge in [0, 0.05) is 23.3 Å². The number of hydrogen-bond acceptors (Lipinski definition) is 4. The lowest BCUT2D eigenvalue weighted by molar-refractivity contribution is -0.0151. The highest BCUT2D eigenvalue weighted by molar-refractivity contribution is 7.91. The fourth-order valence-electron chi connectivity index (χ4n) is 2.02. The van der Waals surface area contributed by atoms with Gasteiger partial charge in [0.05, 0.1) is 12.7 Å². The Morgan fingerprint density at radius 2 is 2.26 bits per heavy atom. The number of aryl methyl sites for hydroxylation is 1. The van der Waals surface area contributed by atoms with E-state index < -0.39 is 10.0 Å². The van der Waals surface area contributed by atoms with Crippen LogP contribution in [0.4, 0.5) is 0 Å². The van der Waals surface area contributed by atoms with E-state index in [0.29, 0.717) is 23.2 Å². The number of thiophene rings is 1. The summed E-state index contributed by atoms with van der Waals surface area (Å²) in [6.07, 6.45) is 0.627. The lowest BCUT2D eigenvalue weighted by Crippen LogP contribution is -2.51. The van der Waals surface area contributed by atoms with Gasteiger partial charge in [-0.3, -0.25) is 0 Å². The highest BCUT2D eigenvalue weighted by Crippen LogP contribution is 2.28. The van der Waals surface area contributed by atoms with Gasteiger partial charge in [0.1, 0.15) is 4.21 Å². The first-order valence-corrected chi connectivity index (χ1v) is 9.06. The quantitative estimate of drug-likeness (QED) is 0.799. The van der Waals surface area contributed by atoms with Crippen molar-refractivity contribution in [2.45, 2.75) is 36.6 Å². The van der Waals surface area contributed by atoms with Crippen LogP contribution in [0.25, 0.3) is 0 Å². The van der Waals surface area contributed by atoms with Crippen LogP contribution in [-0.2, 0) is 21.2 Å². The molecule has 1 aromatic rings. The van der Waals surface area contributed by atoms with Gasteiger partial charge >= 0.3 is 0 Å². The van der Waals surface area contributed by atoms with Crippen LogP contribution in [-0.4, -0.2) is 43.9 Å². The van der Waals surface area contributed by atoms with Gasteiger partial charge in [-0.25, -0.2) is 8.42 Å². The molecule has 1 saturated heterocycles. The zero-order valence-electron chi connectivity index (χ0n) is 11.0. The first-order chi connectivity index (χ1) is 8.98. The second kappa shape index (κ2) is 6.10. The summed E-state index contributed by atoms with van der Waals surface area (Å²) in [4.78, 5) is 1.08. The van der Waals surface area contributed by atoms with E-state index >= 15 is 0 Å². The zero-order valence-corrected chi connectivity index (χ0v) is 13.4. The van der Waals surface area contributed by atoms with Gasteiger partial charge in [0.25, 0.3) is 10.0 Å². The zero-order chi connectivity index (χ0) is 14.0. The number of sulfonamides is 1. The summed E-state index contributed by atoms with van der Waals surface area (Å²) in [7, 11) is -3.43. The lowest BCUT2D eigenvalue weighted by Gasteiger charge is -2.35. The minimum atomic E-state index is -3.43. The predicted octanol–water partition coefficient (Wildman–Crippen LogP) is 2.33. The van der Waals surface area contributed by atoms with E-state index in [-0.39, 0.29) is 12.1 Å². The van der Waals surface area contributed by atoms with Gasteiger partial charge in [0.2, 0.25) is 0 Å². The van der Waals surface area contributed by atoms with E-state index in [1.54, 1.807) is 6.07 Å². The molecule has 0 bridgehead atoms.